The molecule has 3 heterocycles. The van der Waals surface area contributed by atoms with E-state index in [-0.39, 0.29) is 46.7 Å². The number of aromatic nitrogens is 1. The van der Waals surface area contributed by atoms with Crippen LogP contribution in [0.2, 0.25) is 0 Å². The first-order valence-electron chi connectivity index (χ1n) is 12.1. The molecule has 0 aromatic carbocycles. The van der Waals surface area contributed by atoms with Crippen LogP contribution >= 0.6 is 12.2 Å². The van der Waals surface area contributed by atoms with Crippen LogP contribution in [0.15, 0.2) is 17.3 Å². The highest BCUT2D eigenvalue weighted by molar-refractivity contribution is 7.81. The van der Waals surface area contributed by atoms with Gasteiger partial charge in [-0.2, -0.15) is 0 Å². The summed E-state index contributed by atoms with van der Waals surface area (Å²) in [5.41, 5.74) is -1.74. The van der Waals surface area contributed by atoms with Gasteiger partial charge < -0.3 is 20.2 Å². The third kappa shape index (κ3) is 6.42. The number of anilines is 1. The second-order valence-electron chi connectivity index (χ2n) is 11.0. The molecule has 11 heteroatoms. The molecule has 0 aliphatic carbocycles. The normalized spacial score (nSPS) is 20.8. The van der Waals surface area contributed by atoms with E-state index >= 15 is 0 Å². The van der Waals surface area contributed by atoms with Gasteiger partial charge >= 0.3 is 0 Å². The van der Waals surface area contributed by atoms with Crippen molar-refractivity contribution in [3.63, 3.8) is 0 Å². The summed E-state index contributed by atoms with van der Waals surface area (Å²) >= 11 is 5.59. The topological polar surface area (TPSA) is 98.1 Å². The highest BCUT2D eigenvalue weighted by Gasteiger charge is 2.41. The fourth-order valence-electron chi connectivity index (χ4n) is 4.50. The van der Waals surface area contributed by atoms with E-state index in [2.05, 4.69) is 15.3 Å². The molecular weight excluding hydrogens is 488 g/mol. The fourth-order valence-corrected chi connectivity index (χ4v) is 4.82. The van der Waals surface area contributed by atoms with Crippen LogP contribution < -0.4 is 5.32 Å². The summed E-state index contributed by atoms with van der Waals surface area (Å²) in [7, 11) is 0. The molecule has 2 N–H and O–H groups in total. The van der Waals surface area contributed by atoms with Crippen molar-refractivity contribution in [2.45, 2.75) is 84.0 Å². The first kappa shape index (κ1) is 28.0. The first-order chi connectivity index (χ1) is 16.6. The Morgan fingerprint density at radius 1 is 1.33 bits per heavy atom. The maximum atomic E-state index is 14.1. The number of halogens is 2. The molecule has 2 saturated heterocycles. The molecule has 0 radical (unpaired) electrons. The van der Waals surface area contributed by atoms with Crippen LogP contribution in [-0.4, -0.2) is 85.1 Å². The molecule has 0 bridgehead atoms. The van der Waals surface area contributed by atoms with Crippen LogP contribution in [-0.2, 0) is 9.59 Å². The smallest absolute Gasteiger partial charge is 0.267 e. The molecule has 2 aliphatic heterocycles. The van der Waals surface area contributed by atoms with Gasteiger partial charge in [-0.05, 0) is 60.5 Å². The van der Waals surface area contributed by atoms with E-state index in [0.29, 0.717) is 6.54 Å². The van der Waals surface area contributed by atoms with Crippen LogP contribution in [0, 0.1) is 0 Å². The van der Waals surface area contributed by atoms with Gasteiger partial charge in [0.05, 0.1) is 29.3 Å². The number of pyridine rings is 1. The molecule has 2 aliphatic rings. The predicted octanol–water partition coefficient (Wildman–Crippen LogP) is 3.38. The van der Waals surface area contributed by atoms with E-state index in [0.717, 1.165) is 12.8 Å². The number of alkyl halides is 2. The van der Waals surface area contributed by atoms with E-state index in [9.17, 15) is 23.5 Å². The number of hydrogen-bond donors (Lipinski definition) is 2. The number of carbonyl (C=O) groups is 2. The lowest BCUT2D eigenvalue weighted by Crippen LogP contribution is -2.62. The number of aliphatic hydroxyl groups is 1. The molecule has 0 spiro atoms. The summed E-state index contributed by atoms with van der Waals surface area (Å²) in [6.45, 7) is 11.4. The molecule has 1 aromatic heterocycles. The van der Waals surface area contributed by atoms with Crippen molar-refractivity contribution < 1.29 is 23.5 Å². The number of nitrogens with one attached hydrogen (secondary N) is 1. The van der Waals surface area contributed by atoms with Gasteiger partial charge in [0.25, 0.3) is 18.2 Å². The summed E-state index contributed by atoms with van der Waals surface area (Å²) < 4.78 is 28.2. The van der Waals surface area contributed by atoms with E-state index in [1.54, 1.807) is 11.8 Å². The van der Waals surface area contributed by atoms with Crippen LogP contribution in [0.25, 0.3) is 0 Å². The molecule has 2 atom stereocenters. The van der Waals surface area contributed by atoms with Crippen molar-refractivity contribution in [1.82, 2.24) is 14.8 Å². The van der Waals surface area contributed by atoms with Gasteiger partial charge in [-0.3, -0.25) is 14.6 Å². The van der Waals surface area contributed by atoms with Crippen molar-refractivity contribution >= 4 is 40.4 Å². The van der Waals surface area contributed by atoms with Gasteiger partial charge in [0, 0.05) is 35.4 Å². The molecule has 1 aromatic rings. The average molecular weight is 524 g/mol. The summed E-state index contributed by atoms with van der Waals surface area (Å²) in [6.07, 6.45) is 0.00356. The molecule has 8 nitrogen and oxygen atoms in total. The Bertz CT molecular complexity index is 1060. The third-order valence-electron chi connectivity index (χ3n) is 6.24. The number of rotatable bonds is 7. The first-order valence-corrected chi connectivity index (χ1v) is 12.5. The van der Waals surface area contributed by atoms with Crippen molar-refractivity contribution in [3.8, 4) is 0 Å². The Balaban J connectivity index is 1.99. The Morgan fingerprint density at radius 2 is 1.97 bits per heavy atom. The highest BCUT2D eigenvalue weighted by Crippen LogP contribution is 2.29. The van der Waals surface area contributed by atoms with E-state index in [1.807, 2.05) is 27.7 Å². The second kappa shape index (κ2) is 10.5. The minimum absolute atomic E-state index is 0.0237. The zero-order chi connectivity index (χ0) is 27.0. The molecule has 0 saturated carbocycles. The molecule has 1 unspecified atom stereocenters. The Morgan fingerprint density at radius 3 is 2.47 bits per heavy atom. The SMILES string of the molecule is C/C(=N\C(C(=O)N1CCC[C@@H]1C)C(=S)c1cnc(NC(C)(C)C)cc1C(F)F)C(=O)N1CC(C)(O)C1. The van der Waals surface area contributed by atoms with Crippen molar-refractivity contribution in [1.29, 1.82) is 0 Å². The second-order valence-corrected chi connectivity index (χ2v) is 11.4. The van der Waals surface area contributed by atoms with Gasteiger partial charge in [0.2, 0.25) is 0 Å². The Kier molecular flexibility index (Phi) is 8.14. The number of nitrogens with zero attached hydrogens (tertiary/aromatic N) is 4. The fraction of sp³-hybridized carbons (Fsp3) is 0.640. The third-order valence-corrected chi connectivity index (χ3v) is 6.68. The monoisotopic (exact) mass is 523 g/mol. The Hall–Kier alpha value is -2.53. The van der Waals surface area contributed by atoms with E-state index in [1.165, 1.54) is 24.1 Å². The maximum absolute atomic E-state index is 14.1. The van der Waals surface area contributed by atoms with Crippen molar-refractivity contribution in [2.24, 2.45) is 4.99 Å². The Labute approximate surface area is 216 Å². The van der Waals surface area contributed by atoms with Gasteiger partial charge in [-0.25, -0.2) is 13.8 Å². The minimum atomic E-state index is -2.86. The summed E-state index contributed by atoms with van der Waals surface area (Å²) in [4.78, 5) is 38.0. The predicted molar refractivity (Wildman–Crippen MR) is 139 cm³/mol. The van der Waals surface area contributed by atoms with E-state index in [4.69, 9.17) is 12.2 Å². The molecule has 2 amide bonds. The highest BCUT2D eigenvalue weighted by atomic mass is 32.1. The largest absolute Gasteiger partial charge is 0.386 e. The van der Waals surface area contributed by atoms with Gasteiger partial charge in [0.15, 0.2) is 6.04 Å². The average Bonchev–Trinajstić information content (AvgIpc) is 3.18. The number of likely N-dealkylation sites (tertiary alicyclic amines) is 2. The summed E-state index contributed by atoms with van der Waals surface area (Å²) in [6, 6.07) is -0.140. The summed E-state index contributed by atoms with van der Waals surface area (Å²) in [5.74, 6) is -0.599. The van der Waals surface area contributed by atoms with E-state index < -0.39 is 35.4 Å². The van der Waals surface area contributed by atoms with Gasteiger partial charge in [-0.1, -0.05) is 12.2 Å². The van der Waals surface area contributed by atoms with Crippen LogP contribution in [0.3, 0.4) is 0 Å². The minimum Gasteiger partial charge on any atom is -0.386 e. The van der Waals surface area contributed by atoms with Gasteiger partial charge in [0.1, 0.15) is 5.82 Å². The number of carbonyl (C=O) groups excluding carboxylic acids is 2. The number of thiocarbonyl (C=S) groups is 1. The lowest BCUT2D eigenvalue weighted by atomic mass is 9.96. The zero-order valence-electron chi connectivity index (χ0n) is 21.6. The number of aliphatic imine (C=N–C) groups is 1. The zero-order valence-corrected chi connectivity index (χ0v) is 22.5. The van der Waals surface area contributed by atoms with Crippen molar-refractivity contribution in [3.05, 3.63) is 23.4 Å². The van der Waals surface area contributed by atoms with Crippen LogP contribution in [0.5, 0.6) is 0 Å². The molecule has 36 heavy (non-hydrogen) atoms. The number of β-amino-alcohol motifs (C(OH)–C–C–N with tert-alkyl or cyclic N) is 1. The summed E-state index contributed by atoms with van der Waals surface area (Å²) in [5, 5.41) is 13.0. The van der Waals surface area contributed by atoms with Crippen LogP contribution in [0.1, 0.15) is 71.9 Å². The van der Waals surface area contributed by atoms with Gasteiger partial charge in [-0.15, -0.1) is 0 Å². The standard InChI is InChI=1S/C25H35F2N5O3S/c1-14-8-7-9-32(14)23(34)19(29-15(2)22(33)31-12-25(6,35)13-31)20(36)17-11-28-18(30-24(3,4)5)10-16(17)21(26)27/h10-11,14,19,21,35H,7-9,12-13H2,1-6H3,(H,28,30)/b29-15+/t14-,19?/m0/s1. The van der Waals surface area contributed by atoms with Crippen molar-refractivity contribution in [2.75, 3.05) is 25.0 Å². The van der Waals surface area contributed by atoms with Crippen LogP contribution in [0.4, 0.5) is 14.6 Å². The lowest BCUT2D eigenvalue weighted by molar-refractivity contribution is -0.144. The lowest BCUT2D eigenvalue weighted by Gasteiger charge is -2.44. The number of amides is 2. The molecule has 198 valence electrons. The molecule has 3 rings (SSSR count). The maximum Gasteiger partial charge on any atom is 0.267 e. The quantitative estimate of drug-likeness (QED) is 0.323. The number of hydrogen-bond acceptors (Lipinski definition) is 7. The molecule has 2 fully saturated rings. The molecular formula is C25H35F2N5O3S.